The first-order valence-corrected chi connectivity index (χ1v) is 6.68. The van der Waals surface area contributed by atoms with Gasteiger partial charge in [-0.15, -0.1) is 0 Å². The number of rotatable bonds is 3. The van der Waals surface area contributed by atoms with Gasteiger partial charge in [0.2, 0.25) is 0 Å². The van der Waals surface area contributed by atoms with Crippen LogP contribution in [0.1, 0.15) is 29.9 Å². The predicted molar refractivity (Wildman–Crippen MR) is 76.8 cm³/mol. The van der Waals surface area contributed by atoms with Gasteiger partial charge < -0.3 is 10.4 Å². The van der Waals surface area contributed by atoms with E-state index < -0.39 is 24.0 Å². The van der Waals surface area contributed by atoms with E-state index in [1.54, 1.807) is 19.9 Å². The molecular weight excluding hydrogens is 311 g/mol. The number of carboxylic acid groups (broad SMARTS) is 1. The van der Waals surface area contributed by atoms with E-state index in [4.69, 9.17) is 5.11 Å². The van der Waals surface area contributed by atoms with E-state index >= 15 is 0 Å². The van der Waals surface area contributed by atoms with Gasteiger partial charge in [-0.2, -0.15) is 13.2 Å². The number of aryl methyl sites for hydroxylation is 1. The summed E-state index contributed by atoms with van der Waals surface area (Å²) in [5, 5.41) is 11.0. The predicted octanol–water partition coefficient (Wildman–Crippen LogP) is 3.80. The minimum atomic E-state index is -4.52. The lowest BCUT2D eigenvalue weighted by molar-refractivity contribution is -0.141. The number of pyridine rings is 2. The standard InChI is InChI=1S/C15H14F3N3O2/c1-8-5-12(9(2)21-14(22)23)20-7-11(8)10-3-4-19-13(6-10)15(16,17)18/h3-7,9,21H,1-2H3,(H,22,23). The zero-order chi connectivity index (χ0) is 17.2. The quantitative estimate of drug-likeness (QED) is 0.900. The Hall–Kier alpha value is -2.64. The molecule has 2 aromatic rings. The van der Waals surface area contributed by atoms with Gasteiger partial charge in [0.1, 0.15) is 5.69 Å². The summed E-state index contributed by atoms with van der Waals surface area (Å²) in [6.07, 6.45) is -3.16. The van der Waals surface area contributed by atoms with Gasteiger partial charge >= 0.3 is 12.3 Å². The van der Waals surface area contributed by atoms with Gasteiger partial charge in [0.05, 0.1) is 11.7 Å². The van der Waals surface area contributed by atoms with Crippen molar-refractivity contribution in [2.75, 3.05) is 0 Å². The molecule has 0 aliphatic rings. The van der Waals surface area contributed by atoms with Crippen molar-refractivity contribution in [2.45, 2.75) is 26.1 Å². The highest BCUT2D eigenvalue weighted by atomic mass is 19.4. The lowest BCUT2D eigenvalue weighted by Crippen LogP contribution is -2.25. The Morgan fingerprint density at radius 1 is 1.30 bits per heavy atom. The van der Waals surface area contributed by atoms with E-state index in [9.17, 15) is 18.0 Å². The SMILES string of the molecule is Cc1cc(C(C)NC(=O)O)ncc1-c1ccnc(C(F)(F)F)c1. The van der Waals surface area contributed by atoms with Gasteiger partial charge in [-0.25, -0.2) is 4.79 Å². The third kappa shape index (κ3) is 3.97. The Morgan fingerprint density at radius 2 is 2.00 bits per heavy atom. The summed E-state index contributed by atoms with van der Waals surface area (Å²) >= 11 is 0. The summed E-state index contributed by atoms with van der Waals surface area (Å²) < 4.78 is 38.2. The molecule has 23 heavy (non-hydrogen) atoms. The summed E-state index contributed by atoms with van der Waals surface area (Å²) in [6.45, 7) is 3.35. The van der Waals surface area contributed by atoms with Crippen molar-refractivity contribution in [1.82, 2.24) is 15.3 Å². The molecule has 2 aromatic heterocycles. The van der Waals surface area contributed by atoms with Crippen molar-refractivity contribution in [3.63, 3.8) is 0 Å². The molecule has 0 fully saturated rings. The average Bonchev–Trinajstić information content (AvgIpc) is 2.45. The number of halogens is 3. The molecule has 0 saturated carbocycles. The fraction of sp³-hybridized carbons (Fsp3) is 0.267. The molecule has 2 N–H and O–H groups in total. The van der Waals surface area contributed by atoms with Crippen LogP contribution in [0.3, 0.4) is 0 Å². The molecule has 1 atom stereocenters. The lowest BCUT2D eigenvalue weighted by atomic mass is 10.0. The number of aromatic nitrogens is 2. The molecule has 122 valence electrons. The van der Waals surface area contributed by atoms with Gasteiger partial charge in [0.25, 0.3) is 0 Å². The molecule has 0 aromatic carbocycles. The molecular formula is C15H14F3N3O2. The zero-order valence-corrected chi connectivity index (χ0v) is 12.3. The average molecular weight is 325 g/mol. The lowest BCUT2D eigenvalue weighted by Gasteiger charge is -2.14. The first-order chi connectivity index (χ1) is 10.7. The van der Waals surface area contributed by atoms with Gasteiger partial charge in [0.15, 0.2) is 0 Å². The first kappa shape index (κ1) is 16.7. The largest absolute Gasteiger partial charge is 0.465 e. The Kier molecular flexibility index (Phi) is 4.53. The molecule has 0 bridgehead atoms. The van der Waals surface area contributed by atoms with Gasteiger partial charge in [-0.1, -0.05) is 0 Å². The van der Waals surface area contributed by atoms with Crippen LogP contribution in [0.5, 0.6) is 0 Å². The maximum absolute atomic E-state index is 12.7. The Labute approximate surface area is 130 Å². The van der Waals surface area contributed by atoms with Crippen molar-refractivity contribution < 1.29 is 23.1 Å². The highest BCUT2D eigenvalue weighted by Gasteiger charge is 2.32. The third-order valence-electron chi connectivity index (χ3n) is 3.28. The van der Waals surface area contributed by atoms with Gasteiger partial charge in [-0.3, -0.25) is 9.97 Å². The molecule has 2 heterocycles. The molecule has 8 heteroatoms. The topological polar surface area (TPSA) is 75.1 Å². The van der Waals surface area contributed by atoms with Crippen LogP contribution in [0.2, 0.25) is 0 Å². The molecule has 5 nitrogen and oxygen atoms in total. The van der Waals surface area contributed by atoms with E-state index in [1.807, 2.05) is 0 Å². The minimum absolute atomic E-state index is 0.350. The molecule has 0 aliphatic carbocycles. The van der Waals surface area contributed by atoms with E-state index in [0.717, 1.165) is 12.3 Å². The maximum atomic E-state index is 12.7. The molecule has 0 radical (unpaired) electrons. The van der Waals surface area contributed by atoms with Crippen molar-refractivity contribution in [3.05, 3.63) is 47.5 Å². The zero-order valence-electron chi connectivity index (χ0n) is 12.3. The molecule has 1 amide bonds. The highest BCUT2D eigenvalue weighted by molar-refractivity contribution is 5.67. The highest BCUT2D eigenvalue weighted by Crippen LogP contribution is 2.31. The molecule has 0 spiro atoms. The smallest absolute Gasteiger partial charge is 0.433 e. The molecule has 2 rings (SSSR count). The van der Waals surface area contributed by atoms with Crippen LogP contribution in [-0.4, -0.2) is 21.2 Å². The van der Waals surface area contributed by atoms with Crippen LogP contribution < -0.4 is 5.32 Å². The Bertz CT molecular complexity index is 732. The van der Waals surface area contributed by atoms with Crippen LogP contribution >= 0.6 is 0 Å². The monoisotopic (exact) mass is 325 g/mol. The fourth-order valence-electron chi connectivity index (χ4n) is 2.13. The second-order valence-electron chi connectivity index (χ2n) is 5.02. The number of nitrogens with zero attached hydrogens (tertiary/aromatic N) is 2. The van der Waals surface area contributed by atoms with Crippen molar-refractivity contribution in [1.29, 1.82) is 0 Å². The Balaban J connectivity index is 2.37. The minimum Gasteiger partial charge on any atom is -0.465 e. The van der Waals surface area contributed by atoms with Crippen molar-refractivity contribution in [3.8, 4) is 11.1 Å². The summed E-state index contributed by atoms with van der Waals surface area (Å²) in [6, 6.07) is 3.55. The summed E-state index contributed by atoms with van der Waals surface area (Å²) in [7, 11) is 0. The van der Waals surface area contributed by atoms with Crippen LogP contribution in [0.25, 0.3) is 11.1 Å². The van der Waals surface area contributed by atoms with Gasteiger partial charge in [0, 0.05) is 18.0 Å². The number of hydrogen-bond donors (Lipinski definition) is 2. The number of carbonyl (C=O) groups is 1. The van der Waals surface area contributed by atoms with Crippen LogP contribution in [0.4, 0.5) is 18.0 Å². The van der Waals surface area contributed by atoms with Gasteiger partial charge in [-0.05, 0) is 43.2 Å². The number of amides is 1. The number of alkyl halides is 3. The second kappa shape index (κ2) is 6.23. The van der Waals surface area contributed by atoms with E-state index in [0.29, 0.717) is 22.4 Å². The van der Waals surface area contributed by atoms with Crippen LogP contribution in [0, 0.1) is 6.92 Å². The molecule has 0 aliphatic heterocycles. The van der Waals surface area contributed by atoms with E-state index in [2.05, 4.69) is 15.3 Å². The third-order valence-corrected chi connectivity index (χ3v) is 3.28. The summed E-state index contributed by atoms with van der Waals surface area (Å²) in [5.74, 6) is 0. The van der Waals surface area contributed by atoms with Crippen molar-refractivity contribution >= 4 is 6.09 Å². The summed E-state index contributed by atoms with van der Waals surface area (Å²) in [5.41, 5.74) is 1.08. The van der Waals surface area contributed by atoms with E-state index in [-0.39, 0.29) is 0 Å². The molecule has 0 saturated heterocycles. The summed E-state index contributed by atoms with van der Waals surface area (Å²) in [4.78, 5) is 18.1. The van der Waals surface area contributed by atoms with E-state index in [1.165, 1.54) is 12.3 Å². The Morgan fingerprint density at radius 3 is 2.57 bits per heavy atom. The maximum Gasteiger partial charge on any atom is 0.433 e. The first-order valence-electron chi connectivity index (χ1n) is 6.68. The number of hydrogen-bond acceptors (Lipinski definition) is 3. The van der Waals surface area contributed by atoms with Crippen LogP contribution in [0.15, 0.2) is 30.6 Å². The second-order valence-corrected chi connectivity index (χ2v) is 5.02. The van der Waals surface area contributed by atoms with Crippen LogP contribution in [-0.2, 0) is 6.18 Å². The number of nitrogens with one attached hydrogen (secondary N) is 1. The van der Waals surface area contributed by atoms with Crippen molar-refractivity contribution in [2.24, 2.45) is 0 Å². The fourth-order valence-corrected chi connectivity index (χ4v) is 2.13. The molecule has 1 unspecified atom stereocenters. The normalized spacial score (nSPS) is 12.7.